The van der Waals surface area contributed by atoms with Gasteiger partial charge in [-0.1, -0.05) is 46.0 Å². The minimum atomic E-state index is -0.709. The normalized spacial score (nSPS) is 42.1. The third-order valence-corrected chi connectivity index (χ3v) is 6.16. The van der Waals surface area contributed by atoms with Crippen LogP contribution >= 0.6 is 0 Å². The molecule has 0 aliphatic heterocycles. The van der Waals surface area contributed by atoms with E-state index in [1.165, 1.54) is 19.3 Å². The zero-order valence-electron chi connectivity index (χ0n) is 13.3. The van der Waals surface area contributed by atoms with E-state index in [1.807, 2.05) is 0 Å². The minimum Gasteiger partial charge on any atom is -0.388 e. The summed E-state index contributed by atoms with van der Waals surface area (Å²) < 4.78 is 0. The van der Waals surface area contributed by atoms with Crippen LogP contribution in [-0.2, 0) is 0 Å². The summed E-state index contributed by atoms with van der Waals surface area (Å²) >= 11 is 0. The van der Waals surface area contributed by atoms with Crippen LogP contribution in [-0.4, -0.2) is 10.7 Å². The number of nitrogens with zero attached hydrogens (tertiary/aromatic N) is 1. The monoisotopic (exact) mass is 277 g/mol. The molecule has 0 spiro atoms. The van der Waals surface area contributed by atoms with Crippen LogP contribution in [0.1, 0.15) is 84.5 Å². The zero-order valence-corrected chi connectivity index (χ0v) is 13.3. The van der Waals surface area contributed by atoms with Gasteiger partial charge in [0.05, 0.1) is 17.1 Å². The number of nitriles is 1. The highest BCUT2D eigenvalue weighted by Crippen LogP contribution is 2.53. The lowest BCUT2D eigenvalue weighted by Crippen LogP contribution is -2.52. The van der Waals surface area contributed by atoms with E-state index in [9.17, 15) is 10.4 Å². The SMILES string of the molecule is CCCC1CCC(O)(C2(C#N)CCCC(CC)C2)CC1. The molecule has 2 saturated carbocycles. The van der Waals surface area contributed by atoms with Crippen LogP contribution in [0.2, 0.25) is 0 Å². The molecule has 20 heavy (non-hydrogen) atoms. The van der Waals surface area contributed by atoms with Crippen LogP contribution in [0.5, 0.6) is 0 Å². The van der Waals surface area contributed by atoms with Crippen molar-refractivity contribution >= 4 is 0 Å². The average molecular weight is 277 g/mol. The molecule has 0 saturated heterocycles. The van der Waals surface area contributed by atoms with Gasteiger partial charge in [-0.15, -0.1) is 0 Å². The molecule has 2 unspecified atom stereocenters. The Morgan fingerprint density at radius 1 is 1.10 bits per heavy atom. The summed E-state index contributed by atoms with van der Waals surface area (Å²) in [6, 6.07) is 2.59. The average Bonchev–Trinajstić information content (AvgIpc) is 2.49. The van der Waals surface area contributed by atoms with Gasteiger partial charge in [0, 0.05) is 0 Å². The lowest BCUT2D eigenvalue weighted by Gasteiger charge is -2.50. The first kappa shape index (κ1) is 15.8. The second kappa shape index (κ2) is 6.48. The summed E-state index contributed by atoms with van der Waals surface area (Å²) in [5.41, 5.74) is -1.16. The van der Waals surface area contributed by atoms with Crippen molar-refractivity contribution in [1.29, 1.82) is 5.26 Å². The van der Waals surface area contributed by atoms with Gasteiger partial charge in [-0.3, -0.25) is 0 Å². The summed E-state index contributed by atoms with van der Waals surface area (Å²) in [6.07, 6.45) is 11.8. The van der Waals surface area contributed by atoms with E-state index in [1.54, 1.807) is 0 Å². The quantitative estimate of drug-likeness (QED) is 0.800. The molecular weight excluding hydrogens is 246 g/mol. The third-order valence-electron chi connectivity index (χ3n) is 6.16. The zero-order chi connectivity index (χ0) is 14.6. The molecule has 114 valence electrons. The predicted molar refractivity (Wildman–Crippen MR) is 82.1 cm³/mol. The van der Waals surface area contributed by atoms with Crippen LogP contribution in [0.3, 0.4) is 0 Å². The first-order valence-electron chi connectivity index (χ1n) is 8.73. The fourth-order valence-electron chi connectivity index (χ4n) is 4.70. The van der Waals surface area contributed by atoms with Gasteiger partial charge >= 0.3 is 0 Å². The Morgan fingerprint density at radius 3 is 2.35 bits per heavy atom. The van der Waals surface area contributed by atoms with Crippen molar-refractivity contribution in [2.45, 2.75) is 90.1 Å². The van der Waals surface area contributed by atoms with Crippen molar-refractivity contribution in [3.63, 3.8) is 0 Å². The van der Waals surface area contributed by atoms with Gasteiger partial charge in [0.1, 0.15) is 0 Å². The Bertz CT molecular complexity index is 351. The van der Waals surface area contributed by atoms with Crippen molar-refractivity contribution in [2.24, 2.45) is 17.3 Å². The Balaban J connectivity index is 2.09. The van der Waals surface area contributed by atoms with Gasteiger partial charge in [-0.25, -0.2) is 0 Å². The van der Waals surface area contributed by atoms with Gasteiger partial charge in [0.15, 0.2) is 0 Å². The van der Waals surface area contributed by atoms with Crippen molar-refractivity contribution in [3.8, 4) is 6.07 Å². The lowest BCUT2D eigenvalue weighted by molar-refractivity contribution is -0.113. The highest BCUT2D eigenvalue weighted by Gasteiger charge is 2.53. The third kappa shape index (κ3) is 2.89. The molecular formula is C18H31NO. The van der Waals surface area contributed by atoms with Gasteiger partial charge in [-0.05, 0) is 50.4 Å². The Morgan fingerprint density at radius 2 is 1.80 bits per heavy atom. The highest BCUT2D eigenvalue weighted by molar-refractivity contribution is 5.14. The maximum absolute atomic E-state index is 11.2. The van der Waals surface area contributed by atoms with Gasteiger partial charge in [-0.2, -0.15) is 5.26 Å². The van der Waals surface area contributed by atoms with E-state index >= 15 is 0 Å². The van der Waals surface area contributed by atoms with Gasteiger partial charge in [0.2, 0.25) is 0 Å². The minimum absolute atomic E-state index is 0.455. The van der Waals surface area contributed by atoms with Gasteiger partial charge in [0.25, 0.3) is 0 Å². The molecule has 0 aromatic heterocycles. The maximum atomic E-state index is 11.2. The van der Waals surface area contributed by atoms with Gasteiger partial charge < -0.3 is 5.11 Å². The molecule has 0 bridgehead atoms. The molecule has 2 heteroatoms. The predicted octanol–water partition coefficient (Wildman–Crippen LogP) is 4.82. The molecule has 2 aliphatic carbocycles. The Labute approximate surface area is 124 Å². The number of hydrogen-bond donors (Lipinski definition) is 1. The Hall–Kier alpha value is -0.550. The molecule has 0 aromatic rings. The molecule has 0 aromatic carbocycles. The van der Waals surface area contributed by atoms with Crippen LogP contribution in [0, 0.1) is 28.6 Å². The van der Waals surface area contributed by atoms with E-state index in [2.05, 4.69) is 19.9 Å². The molecule has 2 nitrogen and oxygen atoms in total. The van der Waals surface area contributed by atoms with E-state index in [0.29, 0.717) is 5.92 Å². The first-order valence-corrected chi connectivity index (χ1v) is 8.73. The number of rotatable bonds is 4. The van der Waals surface area contributed by atoms with Crippen LogP contribution in [0.15, 0.2) is 0 Å². The molecule has 2 atom stereocenters. The van der Waals surface area contributed by atoms with E-state index in [-0.39, 0.29) is 0 Å². The topological polar surface area (TPSA) is 44.0 Å². The lowest BCUT2D eigenvalue weighted by atomic mass is 9.56. The molecule has 2 aliphatic rings. The molecule has 1 N–H and O–H groups in total. The van der Waals surface area contributed by atoms with Crippen molar-refractivity contribution in [1.82, 2.24) is 0 Å². The maximum Gasteiger partial charge on any atom is 0.0862 e. The standard InChI is InChI=1S/C18H31NO/c1-3-6-16-8-11-18(20,12-9-16)17(14-19)10-5-7-15(4-2)13-17/h15-16,20H,3-13H2,1-2H3. The summed E-state index contributed by atoms with van der Waals surface area (Å²) in [5, 5.41) is 21.1. The van der Waals surface area contributed by atoms with E-state index < -0.39 is 11.0 Å². The van der Waals surface area contributed by atoms with E-state index in [4.69, 9.17) is 0 Å². The number of hydrogen-bond acceptors (Lipinski definition) is 2. The molecule has 0 radical (unpaired) electrons. The fourth-order valence-corrected chi connectivity index (χ4v) is 4.70. The highest BCUT2D eigenvalue weighted by atomic mass is 16.3. The molecule has 0 amide bonds. The van der Waals surface area contributed by atoms with Crippen molar-refractivity contribution < 1.29 is 5.11 Å². The fraction of sp³-hybridized carbons (Fsp3) is 0.944. The number of aliphatic hydroxyl groups is 1. The second-order valence-corrected chi connectivity index (χ2v) is 7.33. The molecule has 0 heterocycles. The summed E-state index contributed by atoms with van der Waals surface area (Å²) in [5.74, 6) is 1.42. The summed E-state index contributed by atoms with van der Waals surface area (Å²) in [7, 11) is 0. The van der Waals surface area contributed by atoms with Crippen molar-refractivity contribution in [2.75, 3.05) is 0 Å². The van der Waals surface area contributed by atoms with E-state index in [0.717, 1.165) is 57.3 Å². The summed E-state index contributed by atoms with van der Waals surface area (Å²) in [4.78, 5) is 0. The van der Waals surface area contributed by atoms with Crippen molar-refractivity contribution in [3.05, 3.63) is 0 Å². The van der Waals surface area contributed by atoms with Crippen LogP contribution in [0.4, 0.5) is 0 Å². The largest absolute Gasteiger partial charge is 0.388 e. The second-order valence-electron chi connectivity index (χ2n) is 7.33. The molecule has 2 fully saturated rings. The Kier molecular flexibility index (Phi) is 5.13. The summed E-state index contributed by atoms with van der Waals surface area (Å²) in [6.45, 7) is 4.46. The molecule has 2 rings (SSSR count). The van der Waals surface area contributed by atoms with Crippen LogP contribution in [0.25, 0.3) is 0 Å². The van der Waals surface area contributed by atoms with Crippen LogP contribution < -0.4 is 0 Å². The smallest absolute Gasteiger partial charge is 0.0862 e. The first-order chi connectivity index (χ1) is 9.59.